The van der Waals surface area contributed by atoms with E-state index in [0.717, 1.165) is 41.0 Å². The Hall–Kier alpha value is -2.62. The van der Waals surface area contributed by atoms with Gasteiger partial charge in [-0.15, -0.1) is 0 Å². The average molecular weight is 293 g/mol. The van der Waals surface area contributed by atoms with Gasteiger partial charge in [0, 0.05) is 17.3 Å². The topological polar surface area (TPSA) is 64.9 Å². The summed E-state index contributed by atoms with van der Waals surface area (Å²) in [6.45, 7) is 3.85. The number of nitrogens with zero attached hydrogens (tertiary/aromatic N) is 2. The molecule has 1 aromatic carbocycles. The van der Waals surface area contributed by atoms with Gasteiger partial charge < -0.3 is 10.3 Å². The third-order valence-corrected chi connectivity index (χ3v) is 3.85. The van der Waals surface area contributed by atoms with E-state index in [1.54, 1.807) is 6.20 Å². The molecule has 112 valence electrons. The van der Waals surface area contributed by atoms with Crippen LogP contribution in [0.5, 0.6) is 0 Å². The molecule has 4 heteroatoms. The lowest BCUT2D eigenvalue weighted by molar-refractivity contribution is 0.393. The highest BCUT2D eigenvalue weighted by molar-refractivity contribution is 5.68. The highest BCUT2D eigenvalue weighted by Gasteiger charge is 2.13. The highest BCUT2D eigenvalue weighted by atomic mass is 16.5. The number of hydrogen-bond acceptors (Lipinski definition) is 4. The Balaban J connectivity index is 1.87. The smallest absolute Gasteiger partial charge is 0.141 e. The summed E-state index contributed by atoms with van der Waals surface area (Å²) < 4.78 is 5.24. The van der Waals surface area contributed by atoms with Crippen LogP contribution in [0.2, 0.25) is 0 Å². The van der Waals surface area contributed by atoms with Crippen molar-refractivity contribution in [1.82, 2.24) is 10.1 Å². The van der Waals surface area contributed by atoms with Gasteiger partial charge >= 0.3 is 0 Å². The summed E-state index contributed by atoms with van der Waals surface area (Å²) >= 11 is 0. The van der Waals surface area contributed by atoms with Gasteiger partial charge in [-0.25, -0.2) is 4.98 Å². The summed E-state index contributed by atoms with van der Waals surface area (Å²) in [6, 6.07) is 12.5. The second-order valence-electron chi connectivity index (χ2n) is 5.45. The quantitative estimate of drug-likeness (QED) is 0.796. The first-order valence-electron chi connectivity index (χ1n) is 7.36. The number of hydrogen-bond donors (Lipinski definition) is 1. The molecule has 0 saturated heterocycles. The van der Waals surface area contributed by atoms with Crippen molar-refractivity contribution in [2.45, 2.75) is 26.7 Å². The first kappa shape index (κ1) is 14.3. The second kappa shape index (κ2) is 6.02. The molecule has 0 aliphatic carbocycles. The van der Waals surface area contributed by atoms with Gasteiger partial charge in [-0.3, -0.25) is 0 Å². The number of benzene rings is 1. The molecule has 3 rings (SSSR count). The molecule has 0 spiro atoms. The van der Waals surface area contributed by atoms with Crippen LogP contribution in [0.25, 0.3) is 11.1 Å². The predicted molar refractivity (Wildman–Crippen MR) is 87.5 cm³/mol. The molecule has 0 bridgehead atoms. The lowest BCUT2D eigenvalue weighted by atomic mass is 10.0. The molecule has 0 amide bonds. The first-order chi connectivity index (χ1) is 10.6. The zero-order valence-corrected chi connectivity index (χ0v) is 12.8. The molecule has 0 unspecified atom stereocenters. The number of nitrogens with two attached hydrogens (primary N) is 1. The molecule has 2 N–H and O–H groups in total. The number of anilines is 1. The molecule has 22 heavy (non-hydrogen) atoms. The molecular weight excluding hydrogens is 274 g/mol. The van der Waals surface area contributed by atoms with Crippen molar-refractivity contribution < 1.29 is 4.52 Å². The van der Waals surface area contributed by atoms with Gasteiger partial charge in [0.05, 0.1) is 5.69 Å². The maximum Gasteiger partial charge on any atom is 0.141 e. The van der Waals surface area contributed by atoms with E-state index in [1.807, 2.05) is 19.9 Å². The lowest BCUT2D eigenvalue weighted by Gasteiger charge is -2.08. The Labute approximate surface area is 130 Å². The van der Waals surface area contributed by atoms with Crippen LogP contribution in [0.4, 0.5) is 5.82 Å². The third-order valence-electron chi connectivity index (χ3n) is 3.85. The Kier molecular flexibility index (Phi) is 3.92. The fourth-order valence-electron chi connectivity index (χ4n) is 2.68. The van der Waals surface area contributed by atoms with Crippen LogP contribution in [-0.2, 0) is 12.8 Å². The molecule has 0 aliphatic heterocycles. The van der Waals surface area contributed by atoms with E-state index in [9.17, 15) is 0 Å². The van der Waals surface area contributed by atoms with Crippen molar-refractivity contribution in [2.75, 3.05) is 5.73 Å². The summed E-state index contributed by atoms with van der Waals surface area (Å²) in [4.78, 5) is 4.34. The molecule has 0 saturated carbocycles. The number of nitrogen functional groups attached to an aromatic ring is 1. The van der Waals surface area contributed by atoms with Crippen molar-refractivity contribution in [3.05, 3.63) is 65.2 Å². The summed E-state index contributed by atoms with van der Waals surface area (Å²) in [5.41, 5.74) is 11.3. The monoisotopic (exact) mass is 293 g/mol. The average Bonchev–Trinajstić information content (AvgIpc) is 2.87. The summed E-state index contributed by atoms with van der Waals surface area (Å²) in [6.07, 6.45) is 3.59. The SMILES string of the molecule is Cc1noc(C)c1-c1cnc(N)c(CCc2ccccc2)c1. The lowest BCUT2D eigenvalue weighted by Crippen LogP contribution is -2.01. The van der Waals surface area contributed by atoms with Crippen LogP contribution in [-0.4, -0.2) is 10.1 Å². The zero-order valence-electron chi connectivity index (χ0n) is 12.8. The standard InChI is InChI=1S/C18H19N3O/c1-12-17(13(2)22-21-12)16-10-15(18(19)20-11-16)9-8-14-6-4-3-5-7-14/h3-7,10-11H,8-9H2,1-2H3,(H2,19,20). The number of aromatic nitrogens is 2. The van der Waals surface area contributed by atoms with Crippen molar-refractivity contribution in [2.24, 2.45) is 0 Å². The van der Waals surface area contributed by atoms with E-state index in [2.05, 4.69) is 40.5 Å². The normalized spacial score (nSPS) is 10.8. The maximum atomic E-state index is 6.03. The van der Waals surface area contributed by atoms with Gasteiger partial charge in [-0.05, 0) is 43.9 Å². The van der Waals surface area contributed by atoms with Gasteiger partial charge in [-0.2, -0.15) is 0 Å². The highest BCUT2D eigenvalue weighted by Crippen LogP contribution is 2.28. The fourth-order valence-corrected chi connectivity index (χ4v) is 2.68. The van der Waals surface area contributed by atoms with Gasteiger partial charge in [0.1, 0.15) is 11.6 Å². The van der Waals surface area contributed by atoms with E-state index in [0.29, 0.717) is 5.82 Å². The molecule has 3 aromatic rings. The molecule has 0 fully saturated rings. The van der Waals surface area contributed by atoms with Crippen LogP contribution < -0.4 is 5.73 Å². The Morgan fingerprint density at radius 2 is 1.86 bits per heavy atom. The van der Waals surface area contributed by atoms with Gasteiger partial charge in [0.2, 0.25) is 0 Å². The third kappa shape index (κ3) is 2.86. The van der Waals surface area contributed by atoms with Gasteiger partial charge in [0.15, 0.2) is 0 Å². The molecule has 0 radical (unpaired) electrons. The van der Waals surface area contributed by atoms with E-state index in [4.69, 9.17) is 10.3 Å². The van der Waals surface area contributed by atoms with E-state index >= 15 is 0 Å². The molecule has 0 atom stereocenters. The molecule has 2 aromatic heterocycles. The van der Waals surface area contributed by atoms with Crippen LogP contribution in [0.3, 0.4) is 0 Å². The molecule has 0 aliphatic rings. The number of pyridine rings is 1. The first-order valence-corrected chi connectivity index (χ1v) is 7.36. The van der Waals surface area contributed by atoms with Gasteiger partial charge in [0.25, 0.3) is 0 Å². The van der Waals surface area contributed by atoms with Crippen molar-refractivity contribution >= 4 is 5.82 Å². The molecule has 4 nitrogen and oxygen atoms in total. The van der Waals surface area contributed by atoms with Crippen molar-refractivity contribution in [3.8, 4) is 11.1 Å². The minimum atomic E-state index is 0.589. The van der Waals surface area contributed by atoms with Crippen LogP contribution in [0.15, 0.2) is 47.1 Å². The van der Waals surface area contributed by atoms with Crippen LogP contribution in [0, 0.1) is 13.8 Å². The minimum absolute atomic E-state index is 0.589. The summed E-state index contributed by atoms with van der Waals surface area (Å²) in [5.74, 6) is 1.39. The fraction of sp³-hybridized carbons (Fsp3) is 0.222. The Morgan fingerprint density at radius 1 is 1.09 bits per heavy atom. The summed E-state index contributed by atoms with van der Waals surface area (Å²) in [7, 11) is 0. The Morgan fingerprint density at radius 3 is 2.55 bits per heavy atom. The Bertz CT molecular complexity index is 759. The number of aryl methyl sites for hydroxylation is 4. The zero-order chi connectivity index (χ0) is 15.5. The predicted octanol–water partition coefficient (Wildman–Crippen LogP) is 3.72. The van der Waals surface area contributed by atoms with Gasteiger partial charge in [-0.1, -0.05) is 35.5 Å². The van der Waals surface area contributed by atoms with Crippen LogP contribution in [0.1, 0.15) is 22.6 Å². The second-order valence-corrected chi connectivity index (χ2v) is 5.45. The molecular formula is C18H19N3O. The largest absolute Gasteiger partial charge is 0.383 e. The van der Waals surface area contributed by atoms with Crippen molar-refractivity contribution in [3.63, 3.8) is 0 Å². The minimum Gasteiger partial charge on any atom is -0.383 e. The molecule has 2 heterocycles. The van der Waals surface area contributed by atoms with E-state index < -0.39 is 0 Å². The van der Waals surface area contributed by atoms with Crippen molar-refractivity contribution in [1.29, 1.82) is 0 Å². The van der Waals surface area contributed by atoms with E-state index in [-0.39, 0.29) is 0 Å². The van der Waals surface area contributed by atoms with Crippen LogP contribution >= 0.6 is 0 Å². The summed E-state index contributed by atoms with van der Waals surface area (Å²) in [5, 5.41) is 4.00. The number of rotatable bonds is 4. The van der Waals surface area contributed by atoms with E-state index in [1.165, 1.54) is 5.56 Å². The maximum absolute atomic E-state index is 6.03.